The summed E-state index contributed by atoms with van der Waals surface area (Å²) in [6.07, 6.45) is 0.839. The smallest absolute Gasteiger partial charge is 0.241 e. The van der Waals surface area contributed by atoms with Crippen LogP contribution in [0.3, 0.4) is 0 Å². The quantitative estimate of drug-likeness (QED) is 0.736. The largest absolute Gasteiger partial charge is 0.327 e. The lowest BCUT2D eigenvalue weighted by Gasteiger charge is -2.44. The van der Waals surface area contributed by atoms with Crippen LogP contribution in [-0.4, -0.2) is 44.4 Å². The number of nitrogens with two attached hydrogens (primary N) is 2. The van der Waals surface area contributed by atoms with Crippen LogP contribution in [0, 0.1) is 5.41 Å². The van der Waals surface area contributed by atoms with Gasteiger partial charge in [-0.25, -0.2) is 13.6 Å². The number of benzene rings is 1. The molecule has 1 fully saturated rings. The second-order valence-corrected chi connectivity index (χ2v) is 8.65. The zero-order chi connectivity index (χ0) is 18.1. The minimum absolute atomic E-state index is 0.0296. The lowest BCUT2D eigenvalue weighted by Crippen LogP contribution is -2.56. The van der Waals surface area contributed by atoms with E-state index in [0.29, 0.717) is 5.69 Å². The summed E-state index contributed by atoms with van der Waals surface area (Å²) < 4.78 is 22.8. The minimum atomic E-state index is -3.80. The highest BCUT2D eigenvalue weighted by molar-refractivity contribution is 7.89. The summed E-state index contributed by atoms with van der Waals surface area (Å²) in [5.74, 6) is -0.187. The lowest BCUT2D eigenvalue weighted by atomic mass is 9.79. The summed E-state index contributed by atoms with van der Waals surface area (Å²) in [5, 5.41) is 7.87. The van der Waals surface area contributed by atoms with Crippen LogP contribution in [0.15, 0.2) is 29.2 Å². The van der Waals surface area contributed by atoms with E-state index in [4.69, 9.17) is 10.9 Å². The van der Waals surface area contributed by atoms with Crippen molar-refractivity contribution in [3.63, 3.8) is 0 Å². The fourth-order valence-electron chi connectivity index (χ4n) is 2.91. The van der Waals surface area contributed by atoms with Crippen molar-refractivity contribution in [3.05, 3.63) is 24.3 Å². The van der Waals surface area contributed by atoms with Gasteiger partial charge in [-0.2, -0.15) is 0 Å². The number of piperidine rings is 1. The first-order valence-electron chi connectivity index (χ1n) is 7.94. The van der Waals surface area contributed by atoms with Crippen molar-refractivity contribution in [1.29, 1.82) is 0 Å². The summed E-state index contributed by atoms with van der Waals surface area (Å²) in [5.41, 5.74) is 6.49. The van der Waals surface area contributed by atoms with E-state index in [0.717, 1.165) is 19.5 Å². The number of sulfonamides is 1. The van der Waals surface area contributed by atoms with E-state index in [9.17, 15) is 13.2 Å². The number of nitrogens with zero attached hydrogens (tertiary/aromatic N) is 1. The van der Waals surface area contributed by atoms with Crippen LogP contribution in [0.5, 0.6) is 0 Å². The molecule has 1 aliphatic heterocycles. The van der Waals surface area contributed by atoms with E-state index in [1.54, 1.807) is 12.1 Å². The third-order valence-corrected chi connectivity index (χ3v) is 5.61. The van der Waals surface area contributed by atoms with Crippen LogP contribution in [0.25, 0.3) is 0 Å². The van der Waals surface area contributed by atoms with Gasteiger partial charge in [-0.3, -0.25) is 9.69 Å². The molecular weight excluding hydrogens is 328 g/mol. The third-order valence-electron chi connectivity index (χ3n) is 4.70. The van der Waals surface area contributed by atoms with Gasteiger partial charge in [0.15, 0.2) is 0 Å². The molecule has 2 rings (SSSR count). The molecule has 2 atom stereocenters. The van der Waals surface area contributed by atoms with Gasteiger partial charge in [0.2, 0.25) is 15.9 Å². The van der Waals surface area contributed by atoms with E-state index in [1.165, 1.54) is 12.1 Å². The van der Waals surface area contributed by atoms with Crippen LogP contribution in [0.2, 0.25) is 0 Å². The molecule has 24 heavy (non-hydrogen) atoms. The summed E-state index contributed by atoms with van der Waals surface area (Å²) >= 11 is 0. The molecule has 7 nitrogen and oxygen atoms in total. The number of hydrogen-bond donors (Lipinski definition) is 3. The second-order valence-electron chi connectivity index (χ2n) is 7.09. The molecule has 1 heterocycles. The molecule has 1 aliphatic rings. The number of primary sulfonamides is 1. The van der Waals surface area contributed by atoms with Crippen LogP contribution >= 0.6 is 0 Å². The van der Waals surface area contributed by atoms with E-state index in [1.807, 2.05) is 6.92 Å². The Bertz CT molecular complexity index is 718. The molecule has 0 aromatic heterocycles. The van der Waals surface area contributed by atoms with Crippen molar-refractivity contribution in [2.45, 2.75) is 44.2 Å². The van der Waals surface area contributed by atoms with E-state index >= 15 is 0 Å². The van der Waals surface area contributed by atoms with Crippen LogP contribution < -0.4 is 16.2 Å². The Morgan fingerprint density at radius 3 is 2.67 bits per heavy atom. The van der Waals surface area contributed by atoms with Crippen LogP contribution in [-0.2, 0) is 14.8 Å². The molecule has 0 bridgehead atoms. The maximum Gasteiger partial charge on any atom is 0.241 e. The summed E-state index contributed by atoms with van der Waals surface area (Å²) in [7, 11) is -3.80. The van der Waals surface area contributed by atoms with E-state index in [-0.39, 0.29) is 28.3 Å². The van der Waals surface area contributed by atoms with Gasteiger partial charge < -0.3 is 11.1 Å². The highest BCUT2D eigenvalue weighted by Crippen LogP contribution is 2.29. The zero-order valence-corrected chi connectivity index (χ0v) is 15.1. The van der Waals surface area contributed by atoms with E-state index < -0.39 is 10.0 Å². The second kappa shape index (κ2) is 6.79. The number of carbonyl (C=O) groups excluding carboxylic acids is 1. The topological polar surface area (TPSA) is 119 Å². The molecule has 0 radical (unpaired) electrons. The standard InChI is InChI=1S/C16H26N4O3S/c1-11(20-8-7-14(17)16(2,3)10-20)15(21)19-12-5-4-6-13(9-12)24(18,22)23/h4-6,9,11,14H,7-8,10,17H2,1-3H3,(H,19,21)(H2,18,22,23). The molecule has 1 aromatic rings. The van der Waals surface area contributed by atoms with Crippen molar-refractivity contribution < 1.29 is 13.2 Å². The number of nitrogens with one attached hydrogen (secondary N) is 1. The predicted molar refractivity (Wildman–Crippen MR) is 93.9 cm³/mol. The van der Waals surface area contributed by atoms with Crippen LogP contribution in [0.1, 0.15) is 27.2 Å². The normalized spacial score (nSPS) is 22.8. The maximum absolute atomic E-state index is 12.5. The summed E-state index contributed by atoms with van der Waals surface area (Å²) in [6.45, 7) is 7.54. The molecule has 1 aromatic carbocycles. The average Bonchev–Trinajstić information content (AvgIpc) is 2.48. The fraction of sp³-hybridized carbons (Fsp3) is 0.562. The molecule has 134 valence electrons. The first-order valence-corrected chi connectivity index (χ1v) is 9.49. The van der Waals surface area contributed by atoms with Gasteiger partial charge in [-0.1, -0.05) is 19.9 Å². The Morgan fingerprint density at radius 1 is 1.42 bits per heavy atom. The Hall–Kier alpha value is -1.48. The number of hydrogen-bond acceptors (Lipinski definition) is 5. The molecule has 5 N–H and O–H groups in total. The number of rotatable bonds is 4. The Kier molecular flexibility index (Phi) is 5.34. The van der Waals surface area contributed by atoms with Gasteiger partial charge in [-0.05, 0) is 37.0 Å². The van der Waals surface area contributed by atoms with Crippen molar-refractivity contribution in [1.82, 2.24) is 4.90 Å². The van der Waals surface area contributed by atoms with Gasteiger partial charge in [-0.15, -0.1) is 0 Å². The van der Waals surface area contributed by atoms with Gasteiger partial charge in [0.05, 0.1) is 10.9 Å². The van der Waals surface area contributed by atoms with Crippen molar-refractivity contribution in [3.8, 4) is 0 Å². The summed E-state index contributed by atoms with van der Waals surface area (Å²) in [6, 6.07) is 5.71. The van der Waals surface area contributed by atoms with Crippen molar-refractivity contribution in [2.24, 2.45) is 16.3 Å². The van der Waals surface area contributed by atoms with Gasteiger partial charge >= 0.3 is 0 Å². The third kappa shape index (κ3) is 4.32. The number of carbonyl (C=O) groups is 1. The lowest BCUT2D eigenvalue weighted by molar-refractivity contribution is -0.122. The molecule has 8 heteroatoms. The molecule has 0 aliphatic carbocycles. The number of anilines is 1. The Balaban J connectivity index is 2.07. The van der Waals surface area contributed by atoms with Gasteiger partial charge in [0.1, 0.15) is 0 Å². The van der Waals surface area contributed by atoms with Crippen molar-refractivity contribution >= 4 is 21.6 Å². The van der Waals surface area contributed by atoms with Gasteiger partial charge in [0, 0.05) is 24.8 Å². The Morgan fingerprint density at radius 2 is 2.08 bits per heavy atom. The molecule has 1 saturated heterocycles. The molecular formula is C16H26N4O3S. The zero-order valence-electron chi connectivity index (χ0n) is 14.3. The highest BCUT2D eigenvalue weighted by Gasteiger charge is 2.36. The van der Waals surface area contributed by atoms with E-state index in [2.05, 4.69) is 24.1 Å². The number of likely N-dealkylation sites (tertiary alicyclic amines) is 1. The maximum atomic E-state index is 12.5. The highest BCUT2D eigenvalue weighted by atomic mass is 32.2. The first kappa shape index (κ1) is 18.9. The minimum Gasteiger partial charge on any atom is -0.327 e. The SMILES string of the molecule is CC(C(=O)Nc1cccc(S(N)(=O)=O)c1)N1CCC(N)C(C)(C)C1. The number of amides is 1. The molecule has 1 amide bonds. The Labute approximate surface area is 143 Å². The van der Waals surface area contributed by atoms with Crippen molar-refractivity contribution in [2.75, 3.05) is 18.4 Å². The first-order chi connectivity index (χ1) is 11.0. The average molecular weight is 354 g/mol. The molecule has 2 unspecified atom stereocenters. The van der Waals surface area contributed by atoms with Crippen LogP contribution in [0.4, 0.5) is 5.69 Å². The predicted octanol–water partition coefficient (Wildman–Crippen LogP) is 0.720. The van der Waals surface area contributed by atoms with Gasteiger partial charge in [0.25, 0.3) is 0 Å². The molecule has 0 spiro atoms. The summed E-state index contributed by atoms with van der Waals surface area (Å²) in [4.78, 5) is 14.6. The monoisotopic (exact) mass is 354 g/mol. The fourth-order valence-corrected chi connectivity index (χ4v) is 3.47. The molecule has 0 saturated carbocycles.